The van der Waals surface area contributed by atoms with E-state index in [0.717, 1.165) is 18.4 Å². The van der Waals surface area contributed by atoms with Gasteiger partial charge in [0.1, 0.15) is 22.9 Å². The molecular formula is C29H25F9O. The standard InChI is InChI=1S/C29H25F9O/c1-2-3-16-4-6-17(7-5-16)21-12-13-22(27(33)26(21)32)18-8-10-19(11-9-18)29(37,38)39-20-14-23(30)25(24(31)15-20)28(34,35)36/h4-7,12-15,18-19H,2-3,8-11H2,1H3. The third-order valence-corrected chi connectivity index (χ3v) is 7.11. The zero-order chi connectivity index (χ0) is 28.5. The highest BCUT2D eigenvalue weighted by atomic mass is 19.4. The van der Waals surface area contributed by atoms with E-state index < -0.39 is 58.7 Å². The van der Waals surface area contributed by atoms with Gasteiger partial charge in [-0.15, -0.1) is 0 Å². The lowest BCUT2D eigenvalue weighted by Crippen LogP contribution is -2.37. The monoisotopic (exact) mass is 560 g/mol. The van der Waals surface area contributed by atoms with Gasteiger partial charge in [-0.3, -0.25) is 0 Å². The van der Waals surface area contributed by atoms with Crippen LogP contribution in [-0.4, -0.2) is 6.11 Å². The Morgan fingerprint density at radius 1 is 0.769 bits per heavy atom. The maximum Gasteiger partial charge on any atom is 0.422 e. The minimum absolute atomic E-state index is 0.0563. The molecule has 0 saturated heterocycles. The topological polar surface area (TPSA) is 9.23 Å². The Morgan fingerprint density at radius 2 is 1.36 bits per heavy atom. The lowest BCUT2D eigenvalue weighted by molar-refractivity contribution is -0.222. The van der Waals surface area contributed by atoms with E-state index >= 15 is 4.39 Å². The maximum absolute atomic E-state index is 15.0. The van der Waals surface area contributed by atoms with Gasteiger partial charge in [0.05, 0.1) is 5.92 Å². The summed E-state index contributed by atoms with van der Waals surface area (Å²) in [6.07, 6.45) is -7.76. The van der Waals surface area contributed by atoms with Crippen molar-refractivity contribution in [1.82, 2.24) is 0 Å². The molecule has 1 nitrogen and oxygen atoms in total. The molecular weight excluding hydrogens is 535 g/mol. The van der Waals surface area contributed by atoms with E-state index in [9.17, 15) is 35.1 Å². The molecule has 1 fully saturated rings. The van der Waals surface area contributed by atoms with Crippen molar-refractivity contribution >= 4 is 0 Å². The summed E-state index contributed by atoms with van der Waals surface area (Å²) in [6.45, 7) is 2.03. The first-order valence-electron chi connectivity index (χ1n) is 12.5. The van der Waals surface area contributed by atoms with Gasteiger partial charge in [-0.2, -0.15) is 22.0 Å². The number of hydrogen-bond acceptors (Lipinski definition) is 1. The molecule has 0 unspecified atom stereocenters. The largest absolute Gasteiger partial charge is 0.432 e. The smallest absolute Gasteiger partial charge is 0.422 e. The minimum atomic E-state index is -5.35. The zero-order valence-corrected chi connectivity index (χ0v) is 20.8. The van der Waals surface area contributed by atoms with Gasteiger partial charge in [0.25, 0.3) is 0 Å². The lowest BCUT2D eigenvalue weighted by atomic mass is 9.77. The van der Waals surface area contributed by atoms with Crippen LogP contribution in [-0.2, 0) is 12.6 Å². The summed E-state index contributed by atoms with van der Waals surface area (Å²) in [6, 6.07) is 10.1. The third-order valence-electron chi connectivity index (χ3n) is 7.11. The van der Waals surface area contributed by atoms with Crippen LogP contribution in [0.1, 0.15) is 61.6 Å². The van der Waals surface area contributed by atoms with Gasteiger partial charge in [0.15, 0.2) is 11.6 Å². The van der Waals surface area contributed by atoms with Crippen molar-refractivity contribution < 1.29 is 44.3 Å². The summed E-state index contributed by atoms with van der Waals surface area (Å²) < 4.78 is 130. The Morgan fingerprint density at radius 3 is 1.90 bits per heavy atom. The third kappa shape index (κ3) is 6.20. The highest BCUT2D eigenvalue weighted by Gasteiger charge is 2.45. The Balaban J connectivity index is 1.44. The Hall–Kier alpha value is -3.17. The van der Waals surface area contributed by atoms with E-state index in [1.807, 2.05) is 19.1 Å². The molecule has 39 heavy (non-hydrogen) atoms. The van der Waals surface area contributed by atoms with Gasteiger partial charge in [0, 0.05) is 17.7 Å². The summed E-state index contributed by atoms with van der Waals surface area (Å²) in [5, 5.41) is 0. The van der Waals surface area contributed by atoms with Gasteiger partial charge in [-0.05, 0) is 54.7 Å². The van der Waals surface area contributed by atoms with E-state index in [1.165, 1.54) is 12.1 Å². The maximum atomic E-state index is 15.0. The molecule has 0 bridgehead atoms. The average molecular weight is 561 g/mol. The molecule has 0 amide bonds. The molecule has 1 saturated carbocycles. The van der Waals surface area contributed by atoms with E-state index in [2.05, 4.69) is 4.74 Å². The predicted octanol–water partition coefficient (Wildman–Crippen LogP) is 9.83. The Bertz CT molecular complexity index is 1280. The number of halogens is 9. The van der Waals surface area contributed by atoms with Crippen molar-refractivity contribution in [3.05, 3.63) is 88.5 Å². The molecule has 0 spiro atoms. The first-order valence-corrected chi connectivity index (χ1v) is 12.5. The molecule has 0 atom stereocenters. The van der Waals surface area contributed by atoms with Gasteiger partial charge in [-0.1, -0.05) is 49.7 Å². The van der Waals surface area contributed by atoms with Crippen molar-refractivity contribution in [3.63, 3.8) is 0 Å². The summed E-state index contributed by atoms with van der Waals surface area (Å²) in [5.41, 5.74) is -0.468. The number of ether oxygens (including phenoxy) is 1. The van der Waals surface area contributed by atoms with Gasteiger partial charge >= 0.3 is 12.3 Å². The zero-order valence-electron chi connectivity index (χ0n) is 20.8. The van der Waals surface area contributed by atoms with Crippen LogP contribution in [0.3, 0.4) is 0 Å². The van der Waals surface area contributed by atoms with Crippen molar-refractivity contribution in [1.29, 1.82) is 0 Å². The molecule has 3 aromatic carbocycles. The van der Waals surface area contributed by atoms with Crippen LogP contribution >= 0.6 is 0 Å². The average Bonchev–Trinajstić information content (AvgIpc) is 2.85. The quantitative estimate of drug-likeness (QED) is 0.262. The van der Waals surface area contributed by atoms with Crippen LogP contribution in [0.25, 0.3) is 11.1 Å². The number of rotatable bonds is 7. The Kier molecular flexibility index (Phi) is 8.23. The van der Waals surface area contributed by atoms with Gasteiger partial charge in [0.2, 0.25) is 0 Å². The van der Waals surface area contributed by atoms with Crippen LogP contribution in [0.15, 0.2) is 48.5 Å². The number of benzene rings is 3. The molecule has 0 N–H and O–H groups in total. The molecule has 4 rings (SSSR count). The second-order valence-electron chi connectivity index (χ2n) is 9.75. The molecule has 1 aliphatic rings. The second-order valence-corrected chi connectivity index (χ2v) is 9.75. The van der Waals surface area contributed by atoms with Crippen LogP contribution in [0.2, 0.25) is 0 Å². The van der Waals surface area contributed by atoms with Crippen molar-refractivity contribution in [2.75, 3.05) is 0 Å². The van der Waals surface area contributed by atoms with Gasteiger partial charge < -0.3 is 4.74 Å². The second kappa shape index (κ2) is 11.1. The lowest BCUT2D eigenvalue weighted by Gasteiger charge is -2.33. The summed E-state index contributed by atoms with van der Waals surface area (Å²) in [5.74, 6) is -9.31. The molecule has 0 aromatic heterocycles. The number of hydrogen-bond donors (Lipinski definition) is 0. The summed E-state index contributed by atoms with van der Waals surface area (Å²) in [7, 11) is 0. The van der Waals surface area contributed by atoms with Crippen LogP contribution in [0, 0.1) is 29.2 Å². The van der Waals surface area contributed by atoms with E-state index in [-0.39, 0.29) is 48.9 Å². The van der Waals surface area contributed by atoms with Crippen LogP contribution in [0.5, 0.6) is 5.75 Å². The molecule has 210 valence electrons. The molecule has 0 heterocycles. The molecule has 3 aromatic rings. The van der Waals surface area contributed by atoms with E-state index in [0.29, 0.717) is 5.56 Å². The fourth-order valence-electron chi connectivity index (χ4n) is 5.10. The molecule has 10 heteroatoms. The van der Waals surface area contributed by atoms with Crippen molar-refractivity contribution in [2.45, 2.75) is 63.7 Å². The first-order chi connectivity index (χ1) is 18.3. The van der Waals surface area contributed by atoms with Crippen LogP contribution in [0.4, 0.5) is 39.5 Å². The van der Waals surface area contributed by atoms with E-state index in [4.69, 9.17) is 0 Å². The Labute approximate surface area is 219 Å². The summed E-state index contributed by atoms with van der Waals surface area (Å²) in [4.78, 5) is 0. The van der Waals surface area contributed by atoms with Gasteiger partial charge in [-0.25, -0.2) is 17.6 Å². The first kappa shape index (κ1) is 28.8. The predicted molar refractivity (Wildman–Crippen MR) is 127 cm³/mol. The minimum Gasteiger partial charge on any atom is -0.432 e. The van der Waals surface area contributed by atoms with Crippen molar-refractivity contribution in [2.24, 2.45) is 5.92 Å². The molecule has 0 radical (unpaired) electrons. The fourth-order valence-corrected chi connectivity index (χ4v) is 5.10. The number of alkyl halides is 5. The molecule has 0 aliphatic heterocycles. The van der Waals surface area contributed by atoms with E-state index in [1.54, 1.807) is 12.1 Å². The normalized spacial score (nSPS) is 18.3. The van der Waals surface area contributed by atoms with Crippen molar-refractivity contribution in [3.8, 4) is 16.9 Å². The summed E-state index contributed by atoms with van der Waals surface area (Å²) >= 11 is 0. The fraction of sp³-hybridized carbons (Fsp3) is 0.379. The molecule has 1 aliphatic carbocycles. The number of aryl methyl sites for hydroxylation is 1. The SMILES string of the molecule is CCCc1ccc(-c2ccc(C3CCC(C(F)(F)Oc4cc(F)c(C(F)(F)F)c(F)c4)CC3)c(F)c2F)cc1. The van der Waals surface area contributed by atoms with Crippen LogP contribution < -0.4 is 4.74 Å². The highest BCUT2D eigenvalue weighted by Crippen LogP contribution is 2.45. The highest BCUT2D eigenvalue weighted by molar-refractivity contribution is 5.65.